The van der Waals surface area contributed by atoms with Crippen LogP contribution in [0.15, 0.2) is 5.38 Å². The number of anilines is 1. The van der Waals surface area contributed by atoms with Crippen LogP contribution in [-0.2, 0) is 22.4 Å². The number of carbonyl (C=O) groups excluding carboxylic acids is 1. The van der Waals surface area contributed by atoms with E-state index in [9.17, 15) is 14.7 Å². The van der Waals surface area contributed by atoms with E-state index in [4.69, 9.17) is 4.98 Å². The summed E-state index contributed by atoms with van der Waals surface area (Å²) in [4.78, 5) is 30.8. The summed E-state index contributed by atoms with van der Waals surface area (Å²) in [7, 11) is 0. The Labute approximate surface area is 179 Å². The maximum Gasteiger partial charge on any atom is 0.307 e. The van der Waals surface area contributed by atoms with Crippen LogP contribution >= 0.6 is 22.7 Å². The monoisotopic (exact) mass is 432 g/mol. The summed E-state index contributed by atoms with van der Waals surface area (Å²) in [5.41, 5.74) is 3.62. The Hall–Kier alpha value is -1.73. The highest BCUT2D eigenvalue weighted by Crippen LogP contribution is 2.49. The summed E-state index contributed by atoms with van der Waals surface area (Å²) in [6.07, 6.45) is 6.13. The van der Waals surface area contributed by atoms with Gasteiger partial charge in [0.2, 0.25) is 5.91 Å². The number of carboxylic acids is 1. The number of amides is 1. The molecule has 7 heteroatoms. The fourth-order valence-electron chi connectivity index (χ4n) is 4.63. The number of thiazole rings is 1. The molecule has 2 N–H and O–H groups in total. The van der Waals surface area contributed by atoms with E-state index in [1.54, 1.807) is 22.7 Å². The quantitative estimate of drug-likeness (QED) is 0.666. The Morgan fingerprint density at radius 3 is 2.62 bits per heavy atom. The summed E-state index contributed by atoms with van der Waals surface area (Å²) in [6, 6.07) is 0. The van der Waals surface area contributed by atoms with E-state index >= 15 is 0 Å². The third-order valence-electron chi connectivity index (χ3n) is 6.27. The molecule has 0 spiro atoms. The van der Waals surface area contributed by atoms with Crippen LogP contribution in [0.3, 0.4) is 0 Å². The van der Waals surface area contributed by atoms with Crippen molar-refractivity contribution in [3.63, 3.8) is 0 Å². The molecule has 2 unspecified atom stereocenters. The number of carboxylic acid groups (broad SMARTS) is 1. The molecule has 0 aromatic carbocycles. The molecule has 2 aromatic heterocycles. The Morgan fingerprint density at radius 2 is 1.97 bits per heavy atom. The molecule has 2 aliphatic carbocycles. The van der Waals surface area contributed by atoms with E-state index < -0.39 is 17.8 Å². The predicted octanol–water partition coefficient (Wildman–Crippen LogP) is 5.52. The molecular formula is C22H28N2O3S2. The van der Waals surface area contributed by atoms with Crippen molar-refractivity contribution in [1.29, 1.82) is 0 Å². The van der Waals surface area contributed by atoms with Gasteiger partial charge in [0.25, 0.3) is 0 Å². The van der Waals surface area contributed by atoms with E-state index in [0.29, 0.717) is 12.8 Å². The zero-order valence-corrected chi connectivity index (χ0v) is 18.8. The zero-order valence-electron chi connectivity index (χ0n) is 17.2. The number of fused-ring (bicyclic) bond motifs is 1. The van der Waals surface area contributed by atoms with Gasteiger partial charge in [0.15, 0.2) is 0 Å². The molecule has 0 saturated heterocycles. The van der Waals surface area contributed by atoms with E-state index in [2.05, 4.69) is 19.2 Å². The first-order valence-electron chi connectivity index (χ1n) is 10.4. The molecule has 2 atom stereocenters. The summed E-state index contributed by atoms with van der Waals surface area (Å²) < 4.78 is 0. The van der Waals surface area contributed by atoms with Crippen molar-refractivity contribution >= 4 is 39.6 Å². The number of aromatic nitrogens is 1. The second-order valence-corrected chi connectivity index (χ2v) is 11.1. The third kappa shape index (κ3) is 4.12. The van der Waals surface area contributed by atoms with Crippen molar-refractivity contribution in [2.45, 2.75) is 65.7 Å². The van der Waals surface area contributed by atoms with Gasteiger partial charge in [0.1, 0.15) is 10.0 Å². The molecule has 4 rings (SSSR count). The minimum Gasteiger partial charge on any atom is -0.481 e. The van der Waals surface area contributed by atoms with Gasteiger partial charge in [-0.2, -0.15) is 0 Å². The number of nitrogens with one attached hydrogen (secondary N) is 1. The van der Waals surface area contributed by atoms with Crippen molar-refractivity contribution in [2.24, 2.45) is 17.3 Å². The molecule has 2 aromatic rings. The van der Waals surface area contributed by atoms with Crippen LogP contribution in [0.25, 0.3) is 10.6 Å². The highest BCUT2D eigenvalue weighted by Gasteiger charge is 2.37. The number of aliphatic carboxylic acids is 1. The average molecular weight is 433 g/mol. The lowest BCUT2D eigenvalue weighted by Gasteiger charge is -2.29. The Balaban J connectivity index is 1.69. The van der Waals surface area contributed by atoms with Crippen LogP contribution in [-0.4, -0.2) is 22.0 Å². The van der Waals surface area contributed by atoms with E-state index in [0.717, 1.165) is 53.4 Å². The first kappa shape index (κ1) is 20.5. The fraction of sp³-hybridized carbons (Fsp3) is 0.591. The Bertz CT molecular complexity index is 944. The molecule has 2 heterocycles. The summed E-state index contributed by atoms with van der Waals surface area (Å²) >= 11 is 3.27. The van der Waals surface area contributed by atoms with Gasteiger partial charge in [-0.05, 0) is 50.0 Å². The van der Waals surface area contributed by atoms with Crippen LogP contribution in [0.4, 0.5) is 5.00 Å². The van der Waals surface area contributed by atoms with Crippen molar-refractivity contribution in [3.05, 3.63) is 21.5 Å². The molecule has 2 aliphatic rings. The number of hydrogen-bond acceptors (Lipinski definition) is 5. The summed E-state index contributed by atoms with van der Waals surface area (Å²) in [5, 5.41) is 16.5. The van der Waals surface area contributed by atoms with Gasteiger partial charge in [-0.15, -0.1) is 22.7 Å². The Kier molecular flexibility index (Phi) is 5.55. The second-order valence-electron chi connectivity index (χ2n) is 9.17. The van der Waals surface area contributed by atoms with Gasteiger partial charge in [-0.1, -0.05) is 26.7 Å². The lowest BCUT2D eigenvalue weighted by atomic mass is 9.77. The van der Waals surface area contributed by atoms with Crippen LogP contribution in [0, 0.1) is 24.2 Å². The zero-order chi connectivity index (χ0) is 20.8. The standard InChI is InChI=1S/C22H28N2O3S2/c1-12-11-28-19(23-12)17-15-8-9-22(2,3)10-16(15)29-20(17)24-18(25)13-6-4-5-7-14(13)21(26)27/h11,13-14H,4-10H2,1-3H3,(H,24,25)(H,26,27). The lowest BCUT2D eigenvalue weighted by molar-refractivity contribution is -0.147. The molecule has 1 fully saturated rings. The topological polar surface area (TPSA) is 79.3 Å². The molecule has 29 heavy (non-hydrogen) atoms. The molecule has 1 saturated carbocycles. The number of carbonyl (C=O) groups is 2. The van der Waals surface area contributed by atoms with E-state index in [1.807, 2.05) is 12.3 Å². The van der Waals surface area contributed by atoms with Gasteiger partial charge >= 0.3 is 5.97 Å². The van der Waals surface area contributed by atoms with Crippen molar-refractivity contribution in [3.8, 4) is 10.6 Å². The minimum atomic E-state index is -0.854. The van der Waals surface area contributed by atoms with Gasteiger partial charge in [0.05, 0.1) is 11.8 Å². The maximum absolute atomic E-state index is 13.1. The number of hydrogen-bond donors (Lipinski definition) is 2. The normalized spacial score (nSPS) is 23.4. The van der Waals surface area contributed by atoms with Crippen LogP contribution in [0.2, 0.25) is 0 Å². The number of rotatable bonds is 4. The smallest absolute Gasteiger partial charge is 0.307 e. The minimum absolute atomic E-state index is 0.149. The molecule has 0 bridgehead atoms. The molecule has 156 valence electrons. The number of nitrogens with zero attached hydrogens (tertiary/aromatic N) is 1. The molecule has 0 radical (unpaired) electrons. The van der Waals surface area contributed by atoms with Crippen LogP contribution in [0.1, 0.15) is 62.1 Å². The largest absolute Gasteiger partial charge is 0.481 e. The SMILES string of the molecule is Cc1csc(-c2c(NC(=O)C3CCCCC3C(=O)O)sc3c2CCC(C)(C)C3)n1. The highest BCUT2D eigenvalue weighted by molar-refractivity contribution is 7.18. The predicted molar refractivity (Wildman–Crippen MR) is 118 cm³/mol. The van der Waals surface area contributed by atoms with Gasteiger partial charge in [-0.3, -0.25) is 9.59 Å². The van der Waals surface area contributed by atoms with Crippen LogP contribution < -0.4 is 5.32 Å². The van der Waals surface area contributed by atoms with Crippen LogP contribution in [0.5, 0.6) is 0 Å². The van der Waals surface area contributed by atoms with Gasteiger partial charge in [0, 0.05) is 21.5 Å². The molecule has 0 aliphatic heterocycles. The van der Waals surface area contributed by atoms with E-state index in [1.165, 1.54) is 10.4 Å². The van der Waals surface area contributed by atoms with Crippen molar-refractivity contribution in [2.75, 3.05) is 5.32 Å². The van der Waals surface area contributed by atoms with Crippen molar-refractivity contribution < 1.29 is 14.7 Å². The molecule has 5 nitrogen and oxygen atoms in total. The average Bonchev–Trinajstić information content (AvgIpc) is 3.23. The molecular weight excluding hydrogens is 404 g/mol. The first-order chi connectivity index (χ1) is 13.7. The molecule has 1 amide bonds. The van der Waals surface area contributed by atoms with Gasteiger partial charge in [-0.25, -0.2) is 4.98 Å². The summed E-state index contributed by atoms with van der Waals surface area (Å²) in [5.74, 6) is -2.04. The summed E-state index contributed by atoms with van der Waals surface area (Å²) in [6.45, 7) is 6.57. The maximum atomic E-state index is 13.1. The first-order valence-corrected chi connectivity index (χ1v) is 12.1. The Morgan fingerprint density at radius 1 is 1.24 bits per heavy atom. The van der Waals surface area contributed by atoms with Gasteiger partial charge < -0.3 is 10.4 Å². The van der Waals surface area contributed by atoms with Crippen molar-refractivity contribution in [1.82, 2.24) is 4.98 Å². The number of thiophene rings is 1. The lowest BCUT2D eigenvalue weighted by Crippen LogP contribution is -2.35. The second kappa shape index (κ2) is 7.84. The van der Waals surface area contributed by atoms with E-state index in [-0.39, 0.29) is 11.3 Å². The third-order valence-corrected chi connectivity index (χ3v) is 8.40. The fourth-order valence-corrected chi connectivity index (χ4v) is 7.08. The highest BCUT2D eigenvalue weighted by atomic mass is 32.1. The number of aryl methyl sites for hydroxylation is 1.